The summed E-state index contributed by atoms with van der Waals surface area (Å²) >= 11 is 6.82. The van der Waals surface area contributed by atoms with Crippen LogP contribution < -0.4 is 4.90 Å². The summed E-state index contributed by atoms with van der Waals surface area (Å²) in [5.41, 5.74) is 1.42. The molecule has 0 aliphatic rings. The van der Waals surface area contributed by atoms with Crippen molar-refractivity contribution in [2.24, 2.45) is 0 Å². The van der Waals surface area contributed by atoms with Gasteiger partial charge in [0.1, 0.15) is 5.76 Å². The van der Waals surface area contributed by atoms with Gasteiger partial charge in [-0.2, -0.15) is 5.26 Å². The smallest absolute Gasteiger partial charge is 0.209 e. The second-order valence-electron chi connectivity index (χ2n) is 4.37. The van der Waals surface area contributed by atoms with Crippen LogP contribution in [0.2, 0.25) is 0 Å². The highest BCUT2D eigenvalue weighted by atomic mass is 79.9. The first-order valence-electron chi connectivity index (χ1n) is 5.85. The van der Waals surface area contributed by atoms with Crippen LogP contribution in [-0.2, 0) is 0 Å². The molecule has 0 radical (unpaired) electrons. The topological polar surface area (TPSA) is 40.2 Å². The molecule has 0 bridgehead atoms. The van der Waals surface area contributed by atoms with Gasteiger partial charge < -0.3 is 9.32 Å². The van der Waals surface area contributed by atoms with Crippen molar-refractivity contribution in [2.75, 3.05) is 19.0 Å². The van der Waals surface area contributed by atoms with E-state index in [9.17, 15) is 5.26 Å². The lowest BCUT2D eigenvalue weighted by Crippen LogP contribution is -2.07. The third-order valence-corrected chi connectivity index (χ3v) is 3.75. The average Bonchev–Trinajstić information content (AvgIpc) is 2.78. The molecule has 0 aliphatic carbocycles. The SMILES string of the molecule is CN(C)c1oc(/C=C(/C#N)c2ccc(Br)cc2)cc1Br. The lowest BCUT2D eigenvalue weighted by molar-refractivity contribution is 0.554. The van der Waals surface area contributed by atoms with E-state index in [-0.39, 0.29) is 0 Å². The summed E-state index contributed by atoms with van der Waals surface area (Å²) in [4.78, 5) is 1.87. The van der Waals surface area contributed by atoms with E-state index >= 15 is 0 Å². The Kier molecular flexibility index (Phi) is 4.69. The molecule has 0 saturated heterocycles. The molecule has 1 heterocycles. The number of benzene rings is 1. The summed E-state index contributed by atoms with van der Waals surface area (Å²) in [7, 11) is 3.80. The molecule has 0 spiro atoms. The molecule has 20 heavy (non-hydrogen) atoms. The summed E-state index contributed by atoms with van der Waals surface area (Å²) < 4.78 is 7.54. The number of rotatable bonds is 3. The van der Waals surface area contributed by atoms with Gasteiger partial charge in [0.25, 0.3) is 0 Å². The van der Waals surface area contributed by atoms with Crippen LogP contribution in [-0.4, -0.2) is 14.1 Å². The van der Waals surface area contributed by atoms with Gasteiger partial charge >= 0.3 is 0 Å². The van der Waals surface area contributed by atoms with Gasteiger partial charge in [0.05, 0.1) is 16.1 Å². The monoisotopic (exact) mass is 394 g/mol. The highest BCUT2D eigenvalue weighted by molar-refractivity contribution is 9.10. The lowest BCUT2D eigenvalue weighted by Gasteiger charge is -2.07. The normalized spacial score (nSPS) is 11.2. The molecule has 5 heteroatoms. The first-order chi connectivity index (χ1) is 9.51. The zero-order valence-electron chi connectivity index (χ0n) is 11.0. The highest BCUT2D eigenvalue weighted by Gasteiger charge is 2.10. The summed E-state index contributed by atoms with van der Waals surface area (Å²) in [6.45, 7) is 0. The maximum Gasteiger partial charge on any atom is 0.209 e. The number of furan rings is 1. The number of allylic oxidation sites excluding steroid dienone is 1. The van der Waals surface area contributed by atoms with E-state index in [0.717, 1.165) is 20.4 Å². The molecule has 1 aromatic heterocycles. The third-order valence-electron chi connectivity index (χ3n) is 2.66. The molecule has 102 valence electrons. The van der Waals surface area contributed by atoms with Gasteiger partial charge in [0.2, 0.25) is 5.88 Å². The van der Waals surface area contributed by atoms with Crippen LogP contribution >= 0.6 is 31.9 Å². The number of nitriles is 1. The summed E-state index contributed by atoms with van der Waals surface area (Å²) in [5.74, 6) is 1.37. The lowest BCUT2D eigenvalue weighted by atomic mass is 10.1. The number of halogens is 2. The van der Waals surface area contributed by atoms with E-state index in [1.807, 2.05) is 49.3 Å². The molecule has 2 aromatic rings. The molecule has 0 saturated carbocycles. The minimum Gasteiger partial charge on any atom is -0.440 e. The molecular formula is C15H12Br2N2O. The molecule has 0 amide bonds. The molecule has 0 fully saturated rings. The molecule has 0 aliphatic heterocycles. The summed E-state index contributed by atoms with van der Waals surface area (Å²) in [5, 5.41) is 9.30. The van der Waals surface area contributed by atoms with E-state index in [2.05, 4.69) is 37.9 Å². The number of hydrogen-bond donors (Lipinski definition) is 0. The molecule has 3 nitrogen and oxygen atoms in total. The van der Waals surface area contributed by atoms with Crippen molar-refractivity contribution < 1.29 is 4.42 Å². The van der Waals surface area contributed by atoms with Gasteiger partial charge in [-0.25, -0.2) is 0 Å². The zero-order valence-corrected chi connectivity index (χ0v) is 14.2. The van der Waals surface area contributed by atoms with Crippen molar-refractivity contribution in [2.45, 2.75) is 0 Å². The van der Waals surface area contributed by atoms with Gasteiger partial charge in [-0.15, -0.1) is 0 Å². The number of hydrogen-bond acceptors (Lipinski definition) is 3. The van der Waals surface area contributed by atoms with Crippen molar-refractivity contribution >= 4 is 49.4 Å². The first kappa shape index (κ1) is 14.9. The summed E-state index contributed by atoms with van der Waals surface area (Å²) in [6, 6.07) is 11.7. The molecule has 0 unspecified atom stereocenters. The standard InChI is InChI=1S/C15H12Br2N2O/c1-19(2)15-14(17)8-13(20-15)7-11(9-18)10-3-5-12(16)6-4-10/h3-8H,1-2H3/b11-7-. The van der Waals surface area contributed by atoms with Crippen molar-refractivity contribution in [1.82, 2.24) is 0 Å². The van der Waals surface area contributed by atoms with Crippen LogP contribution in [0.3, 0.4) is 0 Å². The Hall–Kier alpha value is -1.51. The predicted molar refractivity (Wildman–Crippen MR) is 88.4 cm³/mol. The van der Waals surface area contributed by atoms with Gasteiger partial charge in [-0.1, -0.05) is 28.1 Å². The van der Waals surface area contributed by atoms with E-state index in [4.69, 9.17) is 4.42 Å². The van der Waals surface area contributed by atoms with Crippen molar-refractivity contribution in [3.63, 3.8) is 0 Å². The van der Waals surface area contributed by atoms with E-state index in [0.29, 0.717) is 11.3 Å². The molecule has 0 atom stereocenters. The van der Waals surface area contributed by atoms with Crippen LogP contribution in [0, 0.1) is 11.3 Å². The number of anilines is 1. The Morgan fingerprint density at radius 2 is 1.90 bits per heavy atom. The minimum absolute atomic E-state index is 0.559. The average molecular weight is 396 g/mol. The highest BCUT2D eigenvalue weighted by Crippen LogP contribution is 2.31. The molecule has 2 rings (SSSR count). The van der Waals surface area contributed by atoms with Crippen molar-refractivity contribution in [3.8, 4) is 6.07 Å². The van der Waals surface area contributed by atoms with E-state index in [1.165, 1.54) is 0 Å². The van der Waals surface area contributed by atoms with Crippen molar-refractivity contribution in [1.29, 1.82) is 5.26 Å². The Balaban J connectivity index is 2.39. The Bertz CT molecular complexity index is 679. The van der Waals surface area contributed by atoms with Crippen LogP contribution in [0.1, 0.15) is 11.3 Å². The fourth-order valence-electron chi connectivity index (χ4n) is 1.70. The second-order valence-corrected chi connectivity index (χ2v) is 6.14. The maximum atomic E-state index is 9.30. The van der Waals surface area contributed by atoms with E-state index in [1.54, 1.807) is 6.08 Å². The Morgan fingerprint density at radius 3 is 2.40 bits per heavy atom. The second kappa shape index (κ2) is 6.29. The van der Waals surface area contributed by atoms with Crippen LogP contribution in [0.25, 0.3) is 11.6 Å². The van der Waals surface area contributed by atoms with E-state index < -0.39 is 0 Å². The summed E-state index contributed by atoms with van der Waals surface area (Å²) in [6.07, 6.45) is 1.74. The number of nitrogens with zero attached hydrogens (tertiary/aromatic N) is 2. The van der Waals surface area contributed by atoms with Gasteiger partial charge in [-0.3, -0.25) is 0 Å². The predicted octanol–water partition coefficient (Wildman–Crippen LogP) is 4.93. The Labute approximate surface area is 134 Å². The fourth-order valence-corrected chi connectivity index (χ4v) is 2.63. The van der Waals surface area contributed by atoms with Crippen LogP contribution in [0.4, 0.5) is 5.88 Å². The zero-order chi connectivity index (χ0) is 14.7. The molecule has 1 aromatic carbocycles. The molecular weight excluding hydrogens is 384 g/mol. The third kappa shape index (κ3) is 3.33. The maximum absolute atomic E-state index is 9.30. The minimum atomic E-state index is 0.559. The van der Waals surface area contributed by atoms with Crippen LogP contribution in [0.15, 0.2) is 43.7 Å². The van der Waals surface area contributed by atoms with Gasteiger partial charge in [0.15, 0.2) is 0 Å². The van der Waals surface area contributed by atoms with Gasteiger partial charge in [-0.05, 0) is 39.7 Å². The quantitative estimate of drug-likeness (QED) is 0.691. The van der Waals surface area contributed by atoms with Crippen LogP contribution in [0.5, 0.6) is 0 Å². The van der Waals surface area contributed by atoms with Crippen molar-refractivity contribution in [3.05, 3.63) is 50.6 Å². The fraction of sp³-hybridized carbons (Fsp3) is 0.133. The van der Waals surface area contributed by atoms with Gasteiger partial charge in [0, 0.05) is 24.6 Å². The molecule has 0 N–H and O–H groups in total. The first-order valence-corrected chi connectivity index (χ1v) is 7.44. The largest absolute Gasteiger partial charge is 0.440 e. The Morgan fingerprint density at radius 1 is 1.25 bits per heavy atom.